The molecule has 0 aliphatic carbocycles. The van der Waals surface area contributed by atoms with Gasteiger partial charge in [0.2, 0.25) is 0 Å². The van der Waals surface area contributed by atoms with Crippen LogP contribution in [0.1, 0.15) is 5.56 Å². The Hall–Kier alpha value is -1.46. The van der Waals surface area contributed by atoms with Crippen molar-refractivity contribution in [2.45, 2.75) is 6.54 Å². The van der Waals surface area contributed by atoms with Gasteiger partial charge in [0.25, 0.3) is 0 Å². The number of ether oxygens (including phenoxy) is 1. The van der Waals surface area contributed by atoms with Gasteiger partial charge in [0.05, 0.1) is 0 Å². The van der Waals surface area contributed by atoms with Crippen molar-refractivity contribution in [1.29, 1.82) is 0 Å². The van der Waals surface area contributed by atoms with Crippen LogP contribution in [0, 0.1) is 12.3 Å². The summed E-state index contributed by atoms with van der Waals surface area (Å²) in [4.78, 5) is 0. The molecule has 0 saturated carbocycles. The van der Waals surface area contributed by atoms with E-state index in [4.69, 9.17) is 11.2 Å². The molecule has 0 unspecified atom stereocenters. The first-order valence-corrected chi connectivity index (χ1v) is 4.16. The first kappa shape index (κ1) is 9.63. The van der Waals surface area contributed by atoms with E-state index < -0.39 is 0 Å². The van der Waals surface area contributed by atoms with Gasteiger partial charge in [0.1, 0.15) is 12.4 Å². The number of hydrogen-bond donors (Lipinski definition) is 1. The Balaban J connectivity index is 2.54. The third-order valence-electron chi connectivity index (χ3n) is 1.63. The molecule has 0 amide bonds. The van der Waals surface area contributed by atoms with Gasteiger partial charge < -0.3 is 10.1 Å². The SMILES string of the molecule is C#CCOc1ccc(CNC)cc1. The van der Waals surface area contributed by atoms with E-state index in [0.29, 0.717) is 6.61 Å². The Kier molecular flexibility index (Phi) is 3.87. The molecule has 0 aromatic heterocycles. The van der Waals surface area contributed by atoms with Crippen molar-refractivity contribution >= 4 is 0 Å². The smallest absolute Gasteiger partial charge is 0.148 e. The van der Waals surface area contributed by atoms with E-state index in [1.165, 1.54) is 5.56 Å². The average molecular weight is 175 g/mol. The predicted molar refractivity (Wildman–Crippen MR) is 53.5 cm³/mol. The van der Waals surface area contributed by atoms with Gasteiger partial charge >= 0.3 is 0 Å². The van der Waals surface area contributed by atoms with E-state index in [1.54, 1.807) is 0 Å². The predicted octanol–water partition coefficient (Wildman–Crippen LogP) is 1.42. The van der Waals surface area contributed by atoms with Crippen LogP contribution in [0.2, 0.25) is 0 Å². The molecule has 13 heavy (non-hydrogen) atoms. The molecule has 1 rings (SSSR count). The summed E-state index contributed by atoms with van der Waals surface area (Å²) in [6, 6.07) is 7.87. The van der Waals surface area contributed by atoms with E-state index >= 15 is 0 Å². The lowest BCUT2D eigenvalue weighted by atomic mass is 10.2. The zero-order valence-corrected chi connectivity index (χ0v) is 7.71. The van der Waals surface area contributed by atoms with Crippen molar-refractivity contribution in [3.8, 4) is 18.1 Å². The molecular formula is C11H13NO. The van der Waals surface area contributed by atoms with Gasteiger partial charge in [-0.2, -0.15) is 0 Å². The summed E-state index contributed by atoms with van der Waals surface area (Å²) in [5.74, 6) is 3.24. The summed E-state index contributed by atoms with van der Waals surface area (Å²) < 4.78 is 5.23. The minimum Gasteiger partial charge on any atom is -0.481 e. The third-order valence-corrected chi connectivity index (χ3v) is 1.63. The quantitative estimate of drug-likeness (QED) is 0.699. The van der Waals surface area contributed by atoms with E-state index in [1.807, 2.05) is 31.3 Å². The zero-order valence-electron chi connectivity index (χ0n) is 7.71. The van der Waals surface area contributed by atoms with Crippen molar-refractivity contribution < 1.29 is 4.74 Å². The normalized spacial score (nSPS) is 9.23. The molecule has 0 spiro atoms. The van der Waals surface area contributed by atoms with Gasteiger partial charge in [-0.15, -0.1) is 6.42 Å². The van der Waals surface area contributed by atoms with Gasteiger partial charge in [0.15, 0.2) is 0 Å². The number of nitrogens with one attached hydrogen (secondary N) is 1. The largest absolute Gasteiger partial charge is 0.481 e. The topological polar surface area (TPSA) is 21.3 Å². The second-order valence-corrected chi connectivity index (χ2v) is 2.67. The summed E-state index contributed by atoms with van der Waals surface area (Å²) >= 11 is 0. The van der Waals surface area contributed by atoms with Gasteiger partial charge in [-0.3, -0.25) is 0 Å². The maximum absolute atomic E-state index is 5.23. The molecular weight excluding hydrogens is 162 g/mol. The van der Waals surface area contributed by atoms with Gasteiger partial charge in [-0.25, -0.2) is 0 Å². The molecule has 2 nitrogen and oxygen atoms in total. The minimum atomic E-state index is 0.325. The van der Waals surface area contributed by atoms with Crippen LogP contribution in [0.3, 0.4) is 0 Å². The number of terminal acetylenes is 1. The van der Waals surface area contributed by atoms with Crippen LogP contribution in [0.25, 0.3) is 0 Å². The summed E-state index contributed by atoms with van der Waals surface area (Å²) in [6.07, 6.45) is 5.07. The van der Waals surface area contributed by atoms with Crippen molar-refractivity contribution in [2.75, 3.05) is 13.7 Å². The molecule has 0 heterocycles. The number of hydrogen-bond acceptors (Lipinski definition) is 2. The van der Waals surface area contributed by atoms with E-state index in [0.717, 1.165) is 12.3 Å². The maximum atomic E-state index is 5.23. The fraction of sp³-hybridized carbons (Fsp3) is 0.273. The molecule has 0 aliphatic rings. The van der Waals surface area contributed by atoms with Crippen molar-refractivity contribution in [3.63, 3.8) is 0 Å². The molecule has 1 aromatic rings. The van der Waals surface area contributed by atoms with Crippen LogP contribution in [0.15, 0.2) is 24.3 Å². The molecule has 0 atom stereocenters. The molecule has 0 bridgehead atoms. The standard InChI is InChI=1S/C11H13NO/c1-3-8-13-11-6-4-10(5-7-11)9-12-2/h1,4-7,12H,8-9H2,2H3. The summed E-state index contributed by atoms with van der Waals surface area (Å²) in [6.45, 7) is 1.20. The fourth-order valence-electron chi connectivity index (χ4n) is 1.03. The van der Waals surface area contributed by atoms with Crippen LogP contribution in [0.5, 0.6) is 5.75 Å². The summed E-state index contributed by atoms with van der Waals surface area (Å²) in [5, 5.41) is 3.07. The highest BCUT2D eigenvalue weighted by atomic mass is 16.5. The maximum Gasteiger partial charge on any atom is 0.148 e. The lowest BCUT2D eigenvalue weighted by molar-refractivity contribution is 0.370. The first-order valence-electron chi connectivity index (χ1n) is 4.16. The lowest BCUT2D eigenvalue weighted by Gasteiger charge is -2.03. The van der Waals surface area contributed by atoms with Crippen molar-refractivity contribution in [3.05, 3.63) is 29.8 Å². The van der Waals surface area contributed by atoms with Gasteiger partial charge in [0, 0.05) is 6.54 Å². The highest BCUT2D eigenvalue weighted by Crippen LogP contribution is 2.11. The van der Waals surface area contributed by atoms with E-state index in [2.05, 4.69) is 11.2 Å². The molecule has 68 valence electrons. The molecule has 0 saturated heterocycles. The van der Waals surface area contributed by atoms with Crippen LogP contribution >= 0.6 is 0 Å². The van der Waals surface area contributed by atoms with Gasteiger partial charge in [-0.05, 0) is 24.7 Å². The molecule has 0 fully saturated rings. The second-order valence-electron chi connectivity index (χ2n) is 2.67. The molecule has 0 aliphatic heterocycles. The minimum absolute atomic E-state index is 0.325. The Morgan fingerprint density at radius 1 is 1.38 bits per heavy atom. The van der Waals surface area contributed by atoms with Crippen LogP contribution in [-0.2, 0) is 6.54 Å². The molecule has 1 N–H and O–H groups in total. The Morgan fingerprint density at radius 3 is 2.62 bits per heavy atom. The average Bonchev–Trinajstić information content (AvgIpc) is 2.17. The zero-order chi connectivity index (χ0) is 9.52. The Morgan fingerprint density at radius 2 is 2.08 bits per heavy atom. The fourth-order valence-corrected chi connectivity index (χ4v) is 1.03. The number of rotatable bonds is 4. The third kappa shape index (κ3) is 3.18. The lowest BCUT2D eigenvalue weighted by Crippen LogP contribution is -2.04. The Bertz CT molecular complexity index is 284. The van der Waals surface area contributed by atoms with Crippen LogP contribution in [-0.4, -0.2) is 13.7 Å². The molecule has 2 heteroatoms. The van der Waals surface area contributed by atoms with E-state index in [-0.39, 0.29) is 0 Å². The summed E-state index contributed by atoms with van der Waals surface area (Å²) in [5.41, 5.74) is 1.23. The molecule has 1 aromatic carbocycles. The summed E-state index contributed by atoms with van der Waals surface area (Å²) in [7, 11) is 1.92. The van der Waals surface area contributed by atoms with Crippen molar-refractivity contribution in [2.24, 2.45) is 0 Å². The van der Waals surface area contributed by atoms with Gasteiger partial charge in [-0.1, -0.05) is 18.1 Å². The molecule has 0 radical (unpaired) electrons. The van der Waals surface area contributed by atoms with Crippen molar-refractivity contribution in [1.82, 2.24) is 5.32 Å². The first-order chi connectivity index (χ1) is 6.36. The highest BCUT2D eigenvalue weighted by Gasteiger charge is 1.92. The second kappa shape index (κ2) is 5.23. The highest BCUT2D eigenvalue weighted by molar-refractivity contribution is 5.27. The monoisotopic (exact) mass is 175 g/mol. The van der Waals surface area contributed by atoms with E-state index in [9.17, 15) is 0 Å². The van der Waals surface area contributed by atoms with Crippen LogP contribution < -0.4 is 10.1 Å². The van der Waals surface area contributed by atoms with Crippen LogP contribution in [0.4, 0.5) is 0 Å². The Labute approximate surface area is 78.9 Å². The number of benzene rings is 1.